The molecule has 0 heterocycles. The first-order valence-electron chi connectivity index (χ1n) is 39.1. The third kappa shape index (κ3) is 68.6. The molecule has 0 aromatic rings. The van der Waals surface area contributed by atoms with Crippen molar-refractivity contribution in [2.45, 2.75) is 412 Å². The summed E-state index contributed by atoms with van der Waals surface area (Å²) in [6, 6.07) is 0. The zero-order valence-corrected chi connectivity index (χ0v) is 62.9. The minimum Gasteiger partial charge on any atom is -0.462 e. The van der Waals surface area contributed by atoms with Gasteiger partial charge in [0.1, 0.15) is 19.3 Å². The molecule has 0 saturated heterocycles. The Morgan fingerprint density at radius 2 is 0.489 bits per heavy atom. The maximum absolute atomic E-state index is 13.1. The second-order valence-electron chi connectivity index (χ2n) is 27.5. The van der Waals surface area contributed by atoms with Gasteiger partial charge in [-0.2, -0.15) is 0 Å². The van der Waals surface area contributed by atoms with Crippen LogP contribution in [0, 0.1) is 5.92 Å². The second-order valence-corrected chi connectivity index (χ2v) is 30.4. The Morgan fingerprint density at radius 3 is 0.723 bits per heavy atom. The molecule has 17 nitrogen and oxygen atoms in total. The number of esters is 4. The quantitative estimate of drug-likeness (QED) is 0.0222. The topological polar surface area (TPSA) is 237 Å². The molecule has 94 heavy (non-hydrogen) atoms. The summed E-state index contributed by atoms with van der Waals surface area (Å²) in [5.74, 6) is -1.37. The molecule has 5 atom stereocenters. The SMILES string of the molecule is CCCCCCCCCCCCCCCCCCCCC(=O)O[C@H](COC(=O)CCCCCCCCCCCCCCCCCC)COP(=O)(O)OC[C@@H](O)COP(=O)(O)OC[C@@H](COC(=O)CCCCCCCCC)OC(=O)CCCCCCCCCCCCC(C)C. The van der Waals surface area contributed by atoms with E-state index in [1.54, 1.807) is 0 Å². The van der Waals surface area contributed by atoms with Crippen LogP contribution in [0.2, 0.25) is 0 Å². The van der Waals surface area contributed by atoms with Crippen LogP contribution < -0.4 is 0 Å². The summed E-state index contributed by atoms with van der Waals surface area (Å²) in [4.78, 5) is 72.6. The highest BCUT2D eigenvalue weighted by atomic mass is 31.2. The number of ether oxygens (including phenoxy) is 4. The van der Waals surface area contributed by atoms with Crippen LogP contribution in [0.1, 0.15) is 394 Å². The Kier molecular flexibility index (Phi) is 66.8. The molecule has 0 aliphatic heterocycles. The van der Waals surface area contributed by atoms with E-state index in [1.807, 2.05) is 0 Å². The van der Waals surface area contributed by atoms with Gasteiger partial charge in [0.25, 0.3) is 0 Å². The van der Waals surface area contributed by atoms with Gasteiger partial charge in [0.15, 0.2) is 12.2 Å². The number of hydrogen-bond donors (Lipinski definition) is 3. The maximum Gasteiger partial charge on any atom is 0.472 e. The lowest BCUT2D eigenvalue weighted by molar-refractivity contribution is -0.161. The summed E-state index contributed by atoms with van der Waals surface area (Å²) in [5, 5.41) is 10.6. The summed E-state index contributed by atoms with van der Waals surface area (Å²) in [5.41, 5.74) is 0. The molecule has 0 aliphatic carbocycles. The number of phosphoric ester groups is 2. The lowest BCUT2D eigenvalue weighted by Crippen LogP contribution is -2.30. The third-order valence-electron chi connectivity index (χ3n) is 17.5. The average Bonchev–Trinajstić information content (AvgIpc) is 2.49. The highest BCUT2D eigenvalue weighted by Gasteiger charge is 2.30. The summed E-state index contributed by atoms with van der Waals surface area (Å²) in [6.07, 6.45) is 57.0. The van der Waals surface area contributed by atoms with E-state index in [-0.39, 0.29) is 25.7 Å². The Morgan fingerprint density at radius 1 is 0.287 bits per heavy atom. The molecule has 0 rings (SSSR count). The monoisotopic (exact) mass is 1380 g/mol. The molecule has 0 radical (unpaired) electrons. The third-order valence-corrected chi connectivity index (χ3v) is 19.4. The maximum atomic E-state index is 13.1. The summed E-state index contributed by atoms with van der Waals surface area (Å²) < 4.78 is 68.4. The van der Waals surface area contributed by atoms with E-state index in [0.29, 0.717) is 25.7 Å². The van der Waals surface area contributed by atoms with Crippen molar-refractivity contribution in [3.05, 3.63) is 0 Å². The van der Waals surface area contributed by atoms with Crippen LogP contribution in [0.4, 0.5) is 0 Å². The van der Waals surface area contributed by atoms with E-state index < -0.39 is 97.5 Å². The van der Waals surface area contributed by atoms with Crippen molar-refractivity contribution in [1.82, 2.24) is 0 Å². The normalized spacial score (nSPS) is 14.0. The molecule has 2 unspecified atom stereocenters. The van der Waals surface area contributed by atoms with Crippen molar-refractivity contribution in [2.75, 3.05) is 39.6 Å². The lowest BCUT2D eigenvalue weighted by atomic mass is 10.0. The van der Waals surface area contributed by atoms with E-state index >= 15 is 0 Å². The molecule has 0 spiro atoms. The van der Waals surface area contributed by atoms with Gasteiger partial charge < -0.3 is 33.8 Å². The molecule has 0 aromatic heterocycles. The molecule has 0 aromatic carbocycles. The molecule has 0 saturated carbocycles. The fourth-order valence-corrected chi connectivity index (χ4v) is 13.1. The predicted octanol–water partition coefficient (Wildman–Crippen LogP) is 22.1. The van der Waals surface area contributed by atoms with Crippen molar-refractivity contribution < 1.29 is 80.2 Å². The van der Waals surface area contributed by atoms with Crippen LogP contribution in [0.5, 0.6) is 0 Å². The van der Waals surface area contributed by atoms with Gasteiger partial charge in [0, 0.05) is 25.7 Å². The highest BCUT2D eigenvalue weighted by molar-refractivity contribution is 7.47. The van der Waals surface area contributed by atoms with Crippen LogP contribution in [0.3, 0.4) is 0 Å². The van der Waals surface area contributed by atoms with Crippen molar-refractivity contribution in [1.29, 1.82) is 0 Å². The first kappa shape index (κ1) is 92.1. The smallest absolute Gasteiger partial charge is 0.462 e. The first-order chi connectivity index (χ1) is 45.5. The van der Waals surface area contributed by atoms with Crippen LogP contribution >= 0.6 is 15.6 Å². The van der Waals surface area contributed by atoms with Crippen molar-refractivity contribution in [3.63, 3.8) is 0 Å². The Labute approximate surface area is 575 Å². The van der Waals surface area contributed by atoms with Gasteiger partial charge in [-0.15, -0.1) is 0 Å². The predicted molar refractivity (Wildman–Crippen MR) is 382 cm³/mol. The van der Waals surface area contributed by atoms with Gasteiger partial charge in [-0.1, -0.05) is 343 Å². The van der Waals surface area contributed by atoms with Crippen molar-refractivity contribution in [2.24, 2.45) is 5.92 Å². The summed E-state index contributed by atoms with van der Waals surface area (Å²) >= 11 is 0. The van der Waals surface area contributed by atoms with E-state index in [1.165, 1.54) is 205 Å². The van der Waals surface area contributed by atoms with Gasteiger partial charge in [-0.05, 0) is 31.6 Å². The van der Waals surface area contributed by atoms with Crippen LogP contribution in [-0.2, 0) is 65.4 Å². The largest absolute Gasteiger partial charge is 0.472 e. The first-order valence-corrected chi connectivity index (χ1v) is 42.1. The summed E-state index contributed by atoms with van der Waals surface area (Å²) in [7, 11) is -9.90. The van der Waals surface area contributed by atoms with Crippen molar-refractivity contribution in [3.8, 4) is 0 Å². The number of carbonyl (C=O) groups excluding carboxylic acids is 4. The molecule has 19 heteroatoms. The molecule has 0 fully saturated rings. The fraction of sp³-hybridized carbons (Fsp3) is 0.947. The lowest BCUT2D eigenvalue weighted by Gasteiger charge is -2.21. The molecule has 558 valence electrons. The van der Waals surface area contributed by atoms with E-state index in [2.05, 4.69) is 34.6 Å². The number of rotatable bonds is 75. The zero-order chi connectivity index (χ0) is 69.1. The van der Waals surface area contributed by atoms with E-state index in [9.17, 15) is 43.2 Å². The molecule has 0 amide bonds. The van der Waals surface area contributed by atoms with Gasteiger partial charge >= 0.3 is 39.5 Å². The number of hydrogen-bond acceptors (Lipinski definition) is 15. The van der Waals surface area contributed by atoms with Crippen LogP contribution in [0.25, 0.3) is 0 Å². The highest BCUT2D eigenvalue weighted by Crippen LogP contribution is 2.45. The Bertz CT molecular complexity index is 1810. The fourth-order valence-electron chi connectivity index (χ4n) is 11.5. The Hall–Kier alpha value is -1.94. The van der Waals surface area contributed by atoms with E-state index in [4.69, 9.17) is 37.0 Å². The molecule has 0 bridgehead atoms. The molecular formula is C75H146O17P2. The van der Waals surface area contributed by atoms with Gasteiger partial charge in [-0.3, -0.25) is 37.3 Å². The van der Waals surface area contributed by atoms with E-state index in [0.717, 1.165) is 109 Å². The summed E-state index contributed by atoms with van der Waals surface area (Å²) in [6.45, 7) is 7.24. The number of carbonyl (C=O) groups is 4. The number of aliphatic hydroxyl groups excluding tert-OH is 1. The molecular weight excluding hydrogens is 1230 g/mol. The van der Waals surface area contributed by atoms with Crippen molar-refractivity contribution >= 4 is 39.5 Å². The second kappa shape index (κ2) is 68.2. The van der Waals surface area contributed by atoms with Crippen LogP contribution in [0.15, 0.2) is 0 Å². The Balaban J connectivity index is 5.19. The van der Waals surface area contributed by atoms with Gasteiger partial charge in [-0.25, -0.2) is 9.13 Å². The van der Waals surface area contributed by atoms with Gasteiger partial charge in [0.05, 0.1) is 26.4 Å². The molecule has 0 aliphatic rings. The standard InChI is InChI=1S/C75H146O17P2/c1-6-9-12-15-18-20-22-24-26-28-29-31-33-35-40-45-50-55-60-74(79)92-71(65-86-73(78)59-54-49-44-39-34-32-30-27-25-23-21-19-16-13-10-7-2)67-90-94(83,84)88-63-69(76)62-87-93(81,82)89-66-70(64-85-72(77)58-53-48-42-17-14-11-8-3)91-75(80)61-56-51-46-41-37-36-38-43-47-52-57-68(4)5/h68-71,76H,6-67H2,1-5H3,(H,81,82)(H,83,84)/t69-,70+,71+/m0/s1. The number of phosphoric acid groups is 2. The minimum atomic E-state index is -4.95. The minimum absolute atomic E-state index is 0.106. The van der Waals surface area contributed by atoms with Gasteiger partial charge in [0.2, 0.25) is 0 Å². The number of unbranched alkanes of at least 4 members (excludes halogenated alkanes) is 47. The van der Waals surface area contributed by atoms with Crippen LogP contribution in [-0.4, -0.2) is 96.7 Å². The zero-order valence-electron chi connectivity index (χ0n) is 61.1. The number of aliphatic hydroxyl groups is 1. The molecule has 3 N–H and O–H groups in total. The average molecular weight is 1380 g/mol.